The Labute approximate surface area is 160 Å². The van der Waals surface area contributed by atoms with Crippen LogP contribution in [0.5, 0.6) is 0 Å². The highest BCUT2D eigenvalue weighted by Gasteiger charge is 2.14. The van der Waals surface area contributed by atoms with Gasteiger partial charge in [0.15, 0.2) is 0 Å². The Balaban J connectivity index is 1.90. The fourth-order valence-corrected chi connectivity index (χ4v) is 3.23. The molecule has 142 valence electrons. The minimum Gasteiger partial charge on any atom is -0.313 e. The molecule has 3 aromatic heterocycles. The number of hydrogen-bond acceptors (Lipinski definition) is 3. The summed E-state index contributed by atoms with van der Waals surface area (Å²) in [5.41, 5.74) is 5.53. The lowest BCUT2D eigenvalue weighted by Crippen LogP contribution is -2.19. The van der Waals surface area contributed by atoms with Crippen molar-refractivity contribution in [2.75, 3.05) is 0 Å². The molecule has 0 amide bonds. The largest absolute Gasteiger partial charge is 0.313 e. The molecule has 0 aliphatic heterocycles. The molecule has 3 rings (SSSR count). The molecule has 0 bridgehead atoms. The van der Waals surface area contributed by atoms with E-state index < -0.39 is 0 Å². The summed E-state index contributed by atoms with van der Waals surface area (Å²) >= 11 is 0. The van der Waals surface area contributed by atoms with Crippen molar-refractivity contribution in [3.05, 3.63) is 64.6 Å². The third-order valence-electron chi connectivity index (χ3n) is 4.47. The van der Waals surface area contributed by atoms with Crippen LogP contribution < -0.4 is 5.56 Å². The van der Waals surface area contributed by atoms with Crippen molar-refractivity contribution >= 4 is 0 Å². The molecule has 0 saturated heterocycles. The van der Waals surface area contributed by atoms with Crippen molar-refractivity contribution in [2.45, 2.75) is 54.0 Å². The average Bonchev–Trinajstić information content (AvgIpc) is 3.05. The van der Waals surface area contributed by atoms with E-state index >= 15 is 0 Å². The monoisotopic (exact) mass is 364 g/mol. The first kappa shape index (κ1) is 19.1. The van der Waals surface area contributed by atoms with Crippen molar-refractivity contribution in [3.8, 4) is 16.8 Å². The topological polar surface area (TPSA) is 52.7 Å². The third kappa shape index (κ3) is 4.54. The first-order valence-electron chi connectivity index (χ1n) is 9.48. The van der Waals surface area contributed by atoms with Gasteiger partial charge in [-0.2, -0.15) is 5.10 Å². The molecule has 0 aliphatic carbocycles. The zero-order chi connectivity index (χ0) is 19.6. The third-order valence-corrected chi connectivity index (χ3v) is 4.47. The number of aromatic nitrogens is 4. The Bertz CT molecular complexity index is 992. The smallest absolute Gasteiger partial charge is 0.250 e. The molecule has 5 heteroatoms. The number of rotatable bonds is 5. The molecule has 0 fully saturated rings. The van der Waals surface area contributed by atoms with Gasteiger partial charge in [-0.15, -0.1) is 0 Å². The Kier molecular flexibility index (Phi) is 5.31. The summed E-state index contributed by atoms with van der Waals surface area (Å²) in [6.07, 6.45) is 9.51. The molecule has 27 heavy (non-hydrogen) atoms. The summed E-state index contributed by atoms with van der Waals surface area (Å²) in [7, 11) is 0. The van der Waals surface area contributed by atoms with E-state index in [1.807, 2.05) is 35.5 Å². The summed E-state index contributed by atoms with van der Waals surface area (Å²) in [5.74, 6) is 0. The maximum Gasteiger partial charge on any atom is 0.250 e. The Hall–Kier alpha value is -2.69. The van der Waals surface area contributed by atoms with Gasteiger partial charge in [-0.25, -0.2) is 4.68 Å². The van der Waals surface area contributed by atoms with Gasteiger partial charge in [0.05, 0.1) is 11.9 Å². The van der Waals surface area contributed by atoms with E-state index in [4.69, 9.17) is 0 Å². The molecule has 0 N–H and O–H groups in total. The highest BCUT2D eigenvalue weighted by atomic mass is 16.1. The van der Waals surface area contributed by atoms with Crippen LogP contribution >= 0.6 is 0 Å². The van der Waals surface area contributed by atoms with Crippen molar-refractivity contribution < 1.29 is 0 Å². The van der Waals surface area contributed by atoms with Gasteiger partial charge in [0.1, 0.15) is 0 Å². The molecular weight excluding hydrogens is 336 g/mol. The number of aryl methyl sites for hydroxylation is 2. The zero-order valence-electron chi connectivity index (χ0n) is 16.9. The van der Waals surface area contributed by atoms with Crippen molar-refractivity contribution in [1.82, 2.24) is 19.3 Å². The maximum absolute atomic E-state index is 11.9. The molecule has 0 atom stereocenters. The molecule has 0 unspecified atom stereocenters. The van der Waals surface area contributed by atoms with Crippen molar-refractivity contribution in [1.29, 1.82) is 0 Å². The quantitative estimate of drug-likeness (QED) is 0.674. The van der Waals surface area contributed by atoms with Gasteiger partial charge >= 0.3 is 0 Å². The lowest BCUT2D eigenvalue weighted by molar-refractivity contribution is 0.406. The van der Waals surface area contributed by atoms with E-state index in [2.05, 4.69) is 50.8 Å². The van der Waals surface area contributed by atoms with E-state index in [1.54, 1.807) is 10.6 Å². The van der Waals surface area contributed by atoms with Gasteiger partial charge in [-0.1, -0.05) is 27.7 Å². The minimum absolute atomic E-state index is 0.0162. The van der Waals surface area contributed by atoms with E-state index in [0.717, 1.165) is 35.3 Å². The van der Waals surface area contributed by atoms with Crippen molar-refractivity contribution in [3.63, 3.8) is 0 Å². The van der Waals surface area contributed by atoms with E-state index in [9.17, 15) is 4.79 Å². The first-order chi connectivity index (χ1) is 12.8. The van der Waals surface area contributed by atoms with Gasteiger partial charge in [-0.3, -0.25) is 9.78 Å². The lowest BCUT2D eigenvalue weighted by Gasteiger charge is -2.18. The van der Waals surface area contributed by atoms with Crippen LogP contribution in [0.2, 0.25) is 0 Å². The van der Waals surface area contributed by atoms with Crippen LogP contribution in [0.4, 0.5) is 0 Å². The Morgan fingerprint density at radius 1 is 1.11 bits per heavy atom. The molecule has 3 aromatic rings. The highest BCUT2D eigenvalue weighted by Crippen LogP contribution is 2.26. The molecule has 0 spiro atoms. The molecule has 3 heterocycles. The molecular formula is C22H28N4O. The summed E-state index contributed by atoms with van der Waals surface area (Å²) in [6, 6.07) is 5.57. The second kappa shape index (κ2) is 7.51. The van der Waals surface area contributed by atoms with Gasteiger partial charge in [-0.05, 0) is 42.9 Å². The van der Waals surface area contributed by atoms with Gasteiger partial charge < -0.3 is 4.57 Å². The van der Waals surface area contributed by atoms with Crippen LogP contribution in [0.1, 0.15) is 45.4 Å². The molecule has 0 aromatic carbocycles. The Morgan fingerprint density at radius 3 is 2.56 bits per heavy atom. The van der Waals surface area contributed by atoms with Crippen LogP contribution in [-0.4, -0.2) is 19.3 Å². The molecule has 0 radical (unpaired) electrons. The summed E-state index contributed by atoms with van der Waals surface area (Å²) in [4.78, 5) is 16.6. The standard InChI is InChI=1S/C22H28N4O/c1-6-9-25-15-19(7-8-21(25)27)26-14-17(12-24-26)20-13-23-18(10-16(20)2)11-22(3,4)5/h7-8,10,12-15H,6,9,11H2,1-5H3. The zero-order valence-corrected chi connectivity index (χ0v) is 16.9. The summed E-state index contributed by atoms with van der Waals surface area (Å²) < 4.78 is 3.54. The normalized spacial score (nSPS) is 11.7. The number of nitrogens with zero attached hydrogens (tertiary/aromatic N) is 4. The SMILES string of the molecule is CCCn1cc(-n2cc(-c3cnc(CC(C)(C)C)cc3C)cn2)ccc1=O. The molecule has 0 saturated carbocycles. The predicted molar refractivity (Wildman–Crippen MR) is 109 cm³/mol. The summed E-state index contributed by atoms with van der Waals surface area (Å²) in [5, 5.41) is 4.49. The molecule has 5 nitrogen and oxygen atoms in total. The number of pyridine rings is 2. The van der Waals surface area contributed by atoms with E-state index in [-0.39, 0.29) is 11.0 Å². The van der Waals surface area contributed by atoms with Crippen LogP contribution in [0.25, 0.3) is 16.8 Å². The fraction of sp³-hybridized carbons (Fsp3) is 0.409. The fourth-order valence-electron chi connectivity index (χ4n) is 3.23. The Morgan fingerprint density at radius 2 is 1.89 bits per heavy atom. The lowest BCUT2D eigenvalue weighted by atomic mass is 9.89. The minimum atomic E-state index is 0.0162. The first-order valence-corrected chi connectivity index (χ1v) is 9.48. The van der Waals surface area contributed by atoms with Crippen LogP contribution in [0.3, 0.4) is 0 Å². The van der Waals surface area contributed by atoms with Crippen molar-refractivity contribution in [2.24, 2.45) is 5.41 Å². The second-order valence-electron chi connectivity index (χ2n) is 8.32. The van der Waals surface area contributed by atoms with Gasteiger partial charge in [0, 0.05) is 48.0 Å². The van der Waals surface area contributed by atoms with Gasteiger partial charge in [0.2, 0.25) is 0 Å². The van der Waals surface area contributed by atoms with Crippen LogP contribution in [0, 0.1) is 12.3 Å². The second-order valence-corrected chi connectivity index (χ2v) is 8.32. The summed E-state index contributed by atoms with van der Waals surface area (Å²) in [6.45, 7) is 11.5. The predicted octanol–water partition coefficient (Wildman–Crippen LogP) is 4.40. The average molecular weight is 364 g/mol. The van der Waals surface area contributed by atoms with E-state index in [0.29, 0.717) is 6.54 Å². The van der Waals surface area contributed by atoms with E-state index in [1.165, 1.54) is 5.56 Å². The highest BCUT2D eigenvalue weighted by molar-refractivity contribution is 5.65. The number of hydrogen-bond donors (Lipinski definition) is 0. The van der Waals surface area contributed by atoms with Crippen LogP contribution in [-0.2, 0) is 13.0 Å². The van der Waals surface area contributed by atoms with Gasteiger partial charge in [0.25, 0.3) is 5.56 Å². The molecule has 0 aliphatic rings. The van der Waals surface area contributed by atoms with Crippen LogP contribution in [0.15, 0.2) is 47.8 Å². The maximum atomic E-state index is 11.9.